The van der Waals surface area contributed by atoms with Crippen LogP contribution in [-0.2, 0) is 13.0 Å². The molecule has 9 nitrogen and oxygen atoms in total. The molecule has 0 fully saturated rings. The molecule has 0 saturated heterocycles. The number of carbonyl (C=O) groups is 1. The minimum atomic E-state index is -0.191. The van der Waals surface area contributed by atoms with Crippen molar-refractivity contribution in [1.29, 1.82) is 0 Å². The average molecular weight is 569 g/mol. The number of anilines is 1. The summed E-state index contributed by atoms with van der Waals surface area (Å²) in [5, 5.41) is 17.8. The molecule has 0 spiro atoms. The van der Waals surface area contributed by atoms with Crippen molar-refractivity contribution in [2.45, 2.75) is 39.7 Å². The maximum atomic E-state index is 13.4. The third-order valence-electron chi connectivity index (χ3n) is 7.51. The van der Waals surface area contributed by atoms with E-state index in [0.29, 0.717) is 18.1 Å². The standard InChI is InChI=1S/C34H32N8O/c1-3-4-10-32-36-21-31(34(43)37-30-17-18-35-20-23(30)2)42(32)22-24-11-13-26(14-12-24)29-19-27(25-8-6-5-7-9-25)15-16-28(29)33-38-40-41-39-33/h5-9,11-21H,3-4,10,22H2,1-2H3,(H,35,37,43)(H,38,39,40,41). The summed E-state index contributed by atoms with van der Waals surface area (Å²) in [5.74, 6) is 1.25. The number of imidazole rings is 1. The lowest BCUT2D eigenvalue weighted by molar-refractivity contribution is 0.101. The van der Waals surface area contributed by atoms with E-state index in [2.05, 4.69) is 91.4 Å². The van der Waals surface area contributed by atoms with Crippen molar-refractivity contribution in [3.8, 4) is 33.6 Å². The van der Waals surface area contributed by atoms with Gasteiger partial charge in [0, 0.05) is 36.6 Å². The zero-order chi connectivity index (χ0) is 29.6. The van der Waals surface area contributed by atoms with Crippen LogP contribution in [0.3, 0.4) is 0 Å². The van der Waals surface area contributed by atoms with Crippen LogP contribution in [0.1, 0.15) is 47.2 Å². The van der Waals surface area contributed by atoms with E-state index in [4.69, 9.17) is 0 Å². The van der Waals surface area contributed by atoms with Crippen LogP contribution in [0.25, 0.3) is 33.6 Å². The van der Waals surface area contributed by atoms with Gasteiger partial charge >= 0.3 is 0 Å². The summed E-state index contributed by atoms with van der Waals surface area (Å²) in [4.78, 5) is 22.2. The van der Waals surface area contributed by atoms with Crippen molar-refractivity contribution in [2.24, 2.45) is 0 Å². The average Bonchev–Trinajstić information content (AvgIpc) is 3.72. The first-order valence-electron chi connectivity index (χ1n) is 14.4. The van der Waals surface area contributed by atoms with E-state index in [0.717, 1.165) is 69.7 Å². The number of nitrogens with one attached hydrogen (secondary N) is 2. The molecule has 1 amide bonds. The molecule has 0 radical (unpaired) electrons. The Morgan fingerprint density at radius 1 is 0.907 bits per heavy atom. The summed E-state index contributed by atoms with van der Waals surface area (Å²) >= 11 is 0. The predicted molar refractivity (Wildman–Crippen MR) is 167 cm³/mol. The lowest BCUT2D eigenvalue weighted by atomic mass is 9.93. The fraction of sp³-hybridized carbons (Fsp3) is 0.176. The van der Waals surface area contributed by atoms with Crippen LogP contribution in [0.5, 0.6) is 0 Å². The van der Waals surface area contributed by atoms with Crippen LogP contribution in [0.4, 0.5) is 5.69 Å². The number of aromatic nitrogens is 7. The molecule has 3 heterocycles. The number of amides is 1. The number of pyridine rings is 1. The highest BCUT2D eigenvalue weighted by molar-refractivity contribution is 6.03. The van der Waals surface area contributed by atoms with Gasteiger partial charge in [-0.3, -0.25) is 9.78 Å². The fourth-order valence-electron chi connectivity index (χ4n) is 5.14. The number of H-pyrrole nitrogens is 1. The molecule has 6 rings (SSSR count). The maximum absolute atomic E-state index is 13.4. The Labute approximate surface area is 250 Å². The van der Waals surface area contributed by atoms with Gasteiger partial charge in [-0.15, -0.1) is 10.2 Å². The summed E-state index contributed by atoms with van der Waals surface area (Å²) in [6.45, 7) is 4.61. The highest BCUT2D eigenvalue weighted by Crippen LogP contribution is 2.34. The molecular formula is C34H32N8O. The number of hydrogen-bond acceptors (Lipinski definition) is 6. The normalized spacial score (nSPS) is 11.0. The summed E-state index contributed by atoms with van der Waals surface area (Å²) in [7, 11) is 0. The minimum absolute atomic E-state index is 0.191. The van der Waals surface area contributed by atoms with E-state index >= 15 is 0 Å². The second kappa shape index (κ2) is 12.6. The number of rotatable bonds is 10. The predicted octanol–water partition coefficient (Wildman–Crippen LogP) is 6.74. The first kappa shape index (κ1) is 27.7. The van der Waals surface area contributed by atoms with Crippen LogP contribution in [0.2, 0.25) is 0 Å². The second-order valence-corrected chi connectivity index (χ2v) is 10.5. The second-order valence-electron chi connectivity index (χ2n) is 10.5. The Bertz CT molecular complexity index is 1830. The zero-order valence-corrected chi connectivity index (χ0v) is 24.2. The third kappa shape index (κ3) is 6.11. The molecule has 9 heteroatoms. The van der Waals surface area contributed by atoms with Crippen LogP contribution in [0, 0.1) is 6.92 Å². The Morgan fingerprint density at radius 3 is 2.47 bits per heavy atom. The van der Waals surface area contributed by atoms with Gasteiger partial charge in [-0.1, -0.05) is 74.0 Å². The first-order chi connectivity index (χ1) is 21.1. The Morgan fingerprint density at radius 2 is 1.72 bits per heavy atom. The number of benzene rings is 3. The smallest absolute Gasteiger partial charge is 0.273 e. The number of hydrogen-bond donors (Lipinski definition) is 2. The largest absolute Gasteiger partial charge is 0.320 e. The number of unbranched alkanes of at least 4 members (excludes halogenated alkanes) is 1. The number of carbonyl (C=O) groups excluding carboxylic acids is 1. The van der Waals surface area contributed by atoms with E-state index in [9.17, 15) is 4.79 Å². The van der Waals surface area contributed by atoms with Crippen molar-refractivity contribution in [1.82, 2.24) is 35.2 Å². The van der Waals surface area contributed by atoms with Gasteiger partial charge in [-0.25, -0.2) is 4.98 Å². The quantitative estimate of drug-likeness (QED) is 0.189. The number of aromatic amines is 1. The maximum Gasteiger partial charge on any atom is 0.273 e. The Kier molecular flexibility index (Phi) is 8.13. The topological polar surface area (TPSA) is 114 Å². The number of aryl methyl sites for hydroxylation is 2. The van der Waals surface area contributed by atoms with Crippen LogP contribution >= 0.6 is 0 Å². The summed E-state index contributed by atoms with van der Waals surface area (Å²) in [6.07, 6.45) is 7.93. The lowest BCUT2D eigenvalue weighted by Crippen LogP contribution is -2.19. The van der Waals surface area contributed by atoms with Gasteiger partial charge in [-0.05, 0) is 70.1 Å². The van der Waals surface area contributed by atoms with Crippen LogP contribution < -0.4 is 5.32 Å². The highest BCUT2D eigenvalue weighted by atomic mass is 16.2. The molecule has 0 atom stereocenters. The van der Waals surface area contributed by atoms with Gasteiger partial charge in [0.2, 0.25) is 5.82 Å². The molecule has 6 aromatic rings. The van der Waals surface area contributed by atoms with Gasteiger partial charge < -0.3 is 9.88 Å². The fourth-order valence-corrected chi connectivity index (χ4v) is 5.14. The van der Waals surface area contributed by atoms with Crippen LogP contribution in [0.15, 0.2) is 97.5 Å². The van der Waals surface area contributed by atoms with Crippen molar-refractivity contribution >= 4 is 11.6 Å². The van der Waals surface area contributed by atoms with Gasteiger partial charge in [0.25, 0.3) is 5.91 Å². The van der Waals surface area contributed by atoms with E-state index in [1.807, 2.05) is 35.8 Å². The molecule has 0 aliphatic rings. The van der Waals surface area contributed by atoms with Crippen molar-refractivity contribution in [2.75, 3.05) is 5.32 Å². The molecule has 0 unspecified atom stereocenters. The number of tetrazole rings is 1. The zero-order valence-electron chi connectivity index (χ0n) is 24.2. The molecule has 43 heavy (non-hydrogen) atoms. The minimum Gasteiger partial charge on any atom is -0.320 e. The lowest BCUT2D eigenvalue weighted by Gasteiger charge is -2.14. The monoisotopic (exact) mass is 568 g/mol. The third-order valence-corrected chi connectivity index (χ3v) is 7.51. The van der Waals surface area contributed by atoms with Gasteiger partial charge in [0.1, 0.15) is 11.5 Å². The molecule has 0 bridgehead atoms. The van der Waals surface area contributed by atoms with Crippen LogP contribution in [-0.4, -0.2) is 41.1 Å². The molecule has 0 aliphatic heterocycles. The molecule has 214 valence electrons. The summed E-state index contributed by atoms with van der Waals surface area (Å²) < 4.78 is 2.03. The molecule has 3 aromatic carbocycles. The molecule has 2 N–H and O–H groups in total. The SMILES string of the molecule is CCCCc1ncc(C(=O)Nc2ccncc2C)n1Cc1ccc(-c2cc(-c3ccccc3)ccc2-c2nn[nH]n2)cc1. The molecule has 3 aromatic heterocycles. The molecule has 0 saturated carbocycles. The van der Waals surface area contributed by atoms with Crippen molar-refractivity contribution in [3.05, 3.63) is 120 Å². The molecule has 0 aliphatic carbocycles. The van der Waals surface area contributed by atoms with E-state index in [1.54, 1.807) is 24.7 Å². The van der Waals surface area contributed by atoms with E-state index < -0.39 is 0 Å². The van der Waals surface area contributed by atoms with Crippen molar-refractivity contribution in [3.63, 3.8) is 0 Å². The van der Waals surface area contributed by atoms with Gasteiger partial charge in [-0.2, -0.15) is 5.21 Å². The van der Waals surface area contributed by atoms with Crippen molar-refractivity contribution < 1.29 is 4.79 Å². The summed E-state index contributed by atoms with van der Waals surface area (Å²) in [6, 6.07) is 26.8. The van der Waals surface area contributed by atoms with Gasteiger partial charge in [0.15, 0.2) is 0 Å². The highest BCUT2D eigenvalue weighted by Gasteiger charge is 2.18. The van der Waals surface area contributed by atoms with E-state index in [1.165, 1.54) is 0 Å². The number of nitrogens with zero attached hydrogens (tertiary/aromatic N) is 6. The van der Waals surface area contributed by atoms with Gasteiger partial charge in [0.05, 0.1) is 6.20 Å². The Hall–Kier alpha value is -5.44. The Balaban J connectivity index is 1.32. The summed E-state index contributed by atoms with van der Waals surface area (Å²) in [5.41, 5.74) is 8.40. The van der Waals surface area contributed by atoms with E-state index in [-0.39, 0.29) is 5.91 Å². The molecular weight excluding hydrogens is 536 g/mol. The first-order valence-corrected chi connectivity index (χ1v) is 14.4.